The lowest BCUT2D eigenvalue weighted by Gasteiger charge is -2.18. The van der Waals surface area contributed by atoms with Crippen LogP contribution in [0.1, 0.15) is 40.4 Å². The minimum absolute atomic E-state index is 0.155. The highest BCUT2D eigenvalue weighted by Crippen LogP contribution is 2.22. The zero-order valence-electron chi connectivity index (χ0n) is 18.4. The minimum Gasteiger partial charge on any atom is -0.321 e. The van der Waals surface area contributed by atoms with Gasteiger partial charge in [0.05, 0.1) is 10.5 Å². The monoisotopic (exact) mass is 454 g/mol. The average molecular weight is 455 g/mol. The summed E-state index contributed by atoms with van der Waals surface area (Å²) < 4.78 is 43.1. The summed E-state index contributed by atoms with van der Waals surface area (Å²) in [6.07, 6.45) is 1.10. The number of rotatable bonds is 8. The first-order valence-corrected chi connectivity index (χ1v) is 11.9. The first kappa shape index (κ1) is 23.6. The van der Waals surface area contributed by atoms with Crippen LogP contribution in [-0.4, -0.2) is 20.4 Å². The maximum absolute atomic E-state index is 14.5. The van der Waals surface area contributed by atoms with E-state index in [1.165, 1.54) is 6.07 Å². The Kier molecular flexibility index (Phi) is 7.43. The standard InChI is InChI=1S/C25H27FN2O3S/c1-4-20(15-19-11-6-5-7-12-19)28-32(30,31)21-13-14-23(26)22(16-21)25(29)27-24-17(2)9-8-10-18(24)3/h5-14,16,20,28H,4,15H2,1-3H3,(H,27,29). The summed E-state index contributed by atoms with van der Waals surface area (Å²) in [4.78, 5) is 12.6. The summed E-state index contributed by atoms with van der Waals surface area (Å²) >= 11 is 0. The summed E-state index contributed by atoms with van der Waals surface area (Å²) in [5.41, 5.74) is 2.92. The van der Waals surface area contributed by atoms with Crippen molar-refractivity contribution < 1.29 is 17.6 Å². The number of hydrogen-bond acceptors (Lipinski definition) is 3. The topological polar surface area (TPSA) is 75.3 Å². The second-order valence-electron chi connectivity index (χ2n) is 7.78. The van der Waals surface area contributed by atoms with E-state index in [-0.39, 0.29) is 16.5 Å². The molecule has 1 unspecified atom stereocenters. The minimum atomic E-state index is -3.95. The van der Waals surface area contributed by atoms with Crippen molar-refractivity contribution in [3.05, 3.63) is 94.8 Å². The zero-order chi connectivity index (χ0) is 23.3. The third-order valence-electron chi connectivity index (χ3n) is 5.35. The highest BCUT2D eigenvalue weighted by atomic mass is 32.2. The smallest absolute Gasteiger partial charge is 0.258 e. The van der Waals surface area contributed by atoms with Crippen LogP contribution in [0.4, 0.5) is 10.1 Å². The first-order chi connectivity index (χ1) is 15.2. The molecule has 0 spiro atoms. The lowest BCUT2D eigenvalue weighted by Crippen LogP contribution is -2.36. The fourth-order valence-electron chi connectivity index (χ4n) is 3.49. The van der Waals surface area contributed by atoms with Crippen molar-refractivity contribution in [3.8, 4) is 0 Å². The Morgan fingerprint density at radius 2 is 1.62 bits per heavy atom. The number of amides is 1. The molecular weight excluding hydrogens is 427 g/mol. The van der Waals surface area contributed by atoms with E-state index < -0.39 is 21.7 Å². The molecule has 3 aromatic carbocycles. The Labute approximate surface area is 188 Å². The van der Waals surface area contributed by atoms with Gasteiger partial charge in [-0.3, -0.25) is 4.79 Å². The van der Waals surface area contributed by atoms with Gasteiger partial charge in [0.15, 0.2) is 0 Å². The molecular formula is C25H27FN2O3S. The van der Waals surface area contributed by atoms with E-state index in [1.54, 1.807) is 0 Å². The van der Waals surface area contributed by atoms with Crippen LogP contribution < -0.4 is 10.0 Å². The largest absolute Gasteiger partial charge is 0.321 e. The molecule has 1 amide bonds. The number of benzene rings is 3. The van der Waals surface area contributed by atoms with Gasteiger partial charge in [-0.05, 0) is 61.6 Å². The summed E-state index contributed by atoms with van der Waals surface area (Å²) in [7, 11) is -3.95. The van der Waals surface area contributed by atoms with Gasteiger partial charge in [-0.2, -0.15) is 0 Å². The van der Waals surface area contributed by atoms with Crippen LogP contribution in [0.2, 0.25) is 0 Å². The number of aryl methyl sites for hydroxylation is 2. The SMILES string of the molecule is CCC(Cc1ccccc1)NS(=O)(=O)c1ccc(F)c(C(=O)Nc2c(C)cccc2C)c1. The number of halogens is 1. The highest BCUT2D eigenvalue weighted by Gasteiger charge is 2.23. The molecule has 32 heavy (non-hydrogen) atoms. The molecule has 2 N–H and O–H groups in total. The van der Waals surface area contributed by atoms with Gasteiger partial charge in [0.2, 0.25) is 10.0 Å². The van der Waals surface area contributed by atoms with E-state index in [9.17, 15) is 17.6 Å². The molecule has 3 rings (SSSR count). The van der Waals surface area contributed by atoms with Crippen molar-refractivity contribution in [3.63, 3.8) is 0 Å². The van der Waals surface area contributed by atoms with Crippen molar-refractivity contribution in [1.82, 2.24) is 4.72 Å². The molecule has 0 aromatic heterocycles. The summed E-state index contributed by atoms with van der Waals surface area (Å²) in [6, 6.07) is 18.0. The number of nitrogens with one attached hydrogen (secondary N) is 2. The van der Waals surface area contributed by atoms with Gasteiger partial charge in [0, 0.05) is 11.7 Å². The van der Waals surface area contributed by atoms with Crippen molar-refractivity contribution in [2.45, 2.75) is 44.6 Å². The maximum atomic E-state index is 14.5. The van der Waals surface area contributed by atoms with Crippen molar-refractivity contribution in [2.75, 3.05) is 5.32 Å². The van der Waals surface area contributed by atoms with Gasteiger partial charge in [-0.25, -0.2) is 17.5 Å². The Hall–Kier alpha value is -3.03. The van der Waals surface area contributed by atoms with Gasteiger partial charge in [-0.15, -0.1) is 0 Å². The van der Waals surface area contributed by atoms with Crippen LogP contribution in [0.3, 0.4) is 0 Å². The molecule has 0 saturated heterocycles. The molecule has 7 heteroatoms. The Bertz CT molecular complexity index is 1190. The van der Waals surface area contributed by atoms with Crippen LogP contribution in [0.25, 0.3) is 0 Å². The van der Waals surface area contributed by atoms with Crippen LogP contribution in [0.15, 0.2) is 71.6 Å². The molecule has 0 heterocycles. The highest BCUT2D eigenvalue weighted by molar-refractivity contribution is 7.89. The quantitative estimate of drug-likeness (QED) is 0.503. The molecule has 168 valence electrons. The second-order valence-corrected chi connectivity index (χ2v) is 9.49. The molecule has 3 aromatic rings. The molecule has 5 nitrogen and oxygen atoms in total. The van der Waals surface area contributed by atoms with Gasteiger partial charge < -0.3 is 5.32 Å². The molecule has 0 aliphatic rings. The van der Waals surface area contributed by atoms with E-state index >= 15 is 0 Å². The molecule has 0 aliphatic carbocycles. The van der Waals surface area contributed by atoms with Gasteiger partial charge >= 0.3 is 0 Å². The van der Waals surface area contributed by atoms with Gasteiger partial charge in [0.1, 0.15) is 5.82 Å². The zero-order valence-corrected chi connectivity index (χ0v) is 19.2. The van der Waals surface area contributed by atoms with Crippen LogP contribution in [0, 0.1) is 19.7 Å². The van der Waals surface area contributed by atoms with E-state index in [1.807, 2.05) is 69.3 Å². The number of carbonyl (C=O) groups is 1. The lowest BCUT2D eigenvalue weighted by molar-refractivity contribution is 0.102. The number of sulfonamides is 1. The second kappa shape index (κ2) is 10.1. The van der Waals surface area contributed by atoms with Crippen molar-refractivity contribution in [1.29, 1.82) is 0 Å². The molecule has 0 aliphatic heterocycles. The fraction of sp³-hybridized carbons (Fsp3) is 0.240. The van der Waals surface area contributed by atoms with E-state index in [0.717, 1.165) is 28.8 Å². The summed E-state index contributed by atoms with van der Waals surface area (Å²) in [6.45, 7) is 5.56. The fourth-order valence-corrected chi connectivity index (χ4v) is 4.84. The number of para-hydroxylation sites is 1. The van der Waals surface area contributed by atoms with E-state index in [2.05, 4.69) is 10.0 Å². The van der Waals surface area contributed by atoms with Crippen LogP contribution >= 0.6 is 0 Å². The Balaban J connectivity index is 1.83. The number of carbonyl (C=O) groups excluding carboxylic acids is 1. The van der Waals surface area contributed by atoms with Gasteiger partial charge in [-0.1, -0.05) is 55.5 Å². The lowest BCUT2D eigenvalue weighted by atomic mass is 10.1. The summed E-state index contributed by atoms with van der Waals surface area (Å²) in [5, 5.41) is 2.70. The maximum Gasteiger partial charge on any atom is 0.258 e. The molecule has 0 saturated carbocycles. The third-order valence-corrected chi connectivity index (χ3v) is 6.87. The summed E-state index contributed by atoms with van der Waals surface area (Å²) in [5.74, 6) is -1.49. The Morgan fingerprint density at radius 3 is 2.25 bits per heavy atom. The van der Waals surface area contributed by atoms with Crippen molar-refractivity contribution >= 4 is 21.6 Å². The van der Waals surface area contributed by atoms with Gasteiger partial charge in [0.25, 0.3) is 5.91 Å². The average Bonchev–Trinajstić information content (AvgIpc) is 2.76. The molecule has 0 bridgehead atoms. The van der Waals surface area contributed by atoms with Crippen molar-refractivity contribution in [2.24, 2.45) is 0 Å². The Morgan fingerprint density at radius 1 is 0.969 bits per heavy atom. The predicted molar refractivity (Wildman–Crippen MR) is 125 cm³/mol. The van der Waals surface area contributed by atoms with Crippen LogP contribution in [0.5, 0.6) is 0 Å². The number of hydrogen-bond donors (Lipinski definition) is 2. The van der Waals surface area contributed by atoms with Crippen LogP contribution in [-0.2, 0) is 16.4 Å². The van der Waals surface area contributed by atoms with E-state index in [4.69, 9.17) is 0 Å². The third kappa shape index (κ3) is 5.60. The predicted octanol–water partition coefficient (Wildman–Crippen LogP) is 4.99. The molecule has 1 atom stereocenters. The molecule has 0 fully saturated rings. The van der Waals surface area contributed by atoms with E-state index in [0.29, 0.717) is 18.5 Å². The molecule has 0 radical (unpaired) electrons. The normalized spacial score (nSPS) is 12.4. The number of anilines is 1. The first-order valence-electron chi connectivity index (χ1n) is 10.4.